The molecule has 5 nitrogen and oxygen atoms in total. The molecular formula is C20H26ClIN4O. The normalized spacial score (nSPS) is 10.8. The van der Waals surface area contributed by atoms with Gasteiger partial charge in [-0.1, -0.05) is 41.9 Å². The quantitative estimate of drug-likeness (QED) is 0.385. The van der Waals surface area contributed by atoms with Crippen molar-refractivity contribution in [1.82, 2.24) is 15.1 Å². The highest BCUT2D eigenvalue weighted by molar-refractivity contribution is 14.0. The van der Waals surface area contributed by atoms with Crippen LogP contribution < -0.4 is 5.32 Å². The Morgan fingerprint density at radius 2 is 1.70 bits per heavy atom. The van der Waals surface area contributed by atoms with Gasteiger partial charge in [-0.25, -0.2) is 0 Å². The maximum Gasteiger partial charge on any atom is 0.253 e. The summed E-state index contributed by atoms with van der Waals surface area (Å²) in [5.74, 6) is 0.776. The fourth-order valence-corrected chi connectivity index (χ4v) is 2.74. The zero-order valence-corrected chi connectivity index (χ0v) is 19.2. The van der Waals surface area contributed by atoms with Crippen molar-refractivity contribution in [3.63, 3.8) is 0 Å². The lowest BCUT2D eigenvalue weighted by Crippen LogP contribution is -2.38. The lowest BCUT2D eigenvalue weighted by Gasteiger charge is -2.22. The number of aliphatic imine (C=N–C) groups is 1. The maximum absolute atomic E-state index is 11.9. The van der Waals surface area contributed by atoms with Crippen LogP contribution in [0.3, 0.4) is 0 Å². The molecule has 0 saturated carbocycles. The van der Waals surface area contributed by atoms with E-state index in [1.807, 2.05) is 60.5 Å². The van der Waals surface area contributed by atoms with Gasteiger partial charge in [0.1, 0.15) is 0 Å². The number of benzene rings is 2. The van der Waals surface area contributed by atoms with Gasteiger partial charge >= 0.3 is 0 Å². The Balaban J connectivity index is 0.00000364. The van der Waals surface area contributed by atoms with E-state index in [4.69, 9.17) is 11.6 Å². The molecule has 0 aromatic heterocycles. The molecule has 1 N–H and O–H groups in total. The minimum absolute atomic E-state index is 0. The molecule has 0 aliphatic rings. The molecular weight excluding hydrogens is 475 g/mol. The predicted molar refractivity (Wildman–Crippen MR) is 123 cm³/mol. The van der Waals surface area contributed by atoms with Crippen molar-refractivity contribution in [2.45, 2.75) is 13.1 Å². The molecule has 0 heterocycles. The lowest BCUT2D eigenvalue weighted by atomic mass is 10.1. The van der Waals surface area contributed by atoms with Crippen LogP contribution in [-0.4, -0.2) is 49.9 Å². The highest BCUT2D eigenvalue weighted by Crippen LogP contribution is 2.16. The molecule has 2 aromatic carbocycles. The van der Waals surface area contributed by atoms with Crippen molar-refractivity contribution < 1.29 is 4.79 Å². The Morgan fingerprint density at radius 1 is 1.07 bits per heavy atom. The van der Waals surface area contributed by atoms with Crippen LogP contribution in [-0.2, 0) is 13.1 Å². The highest BCUT2D eigenvalue weighted by atomic mass is 127. The van der Waals surface area contributed by atoms with Crippen molar-refractivity contribution >= 4 is 47.4 Å². The van der Waals surface area contributed by atoms with E-state index in [0.29, 0.717) is 18.7 Å². The van der Waals surface area contributed by atoms with Gasteiger partial charge in [0.25, 0.3) is 5.91 Å². The van der Waals surface area contributed by atoms with Gasteiger partial charge in [-0.05, 0) is 29.3 Å². The topological polar surface area (TPSA) is 47.9 Å². The largest absolute Gasteiger partial charge is 0.352 e. The summed E-state index contributed by atoms with van der Waals surface area (Å²) in [6.45, 7) is 1.28. The molecule has 0 unspecified atom stereocenters. The second-order valence-electron chi connectivity index (χ2n) is 6.24. The summed E-state index contributed by atoms with van der Waals surface area (Å²) in [7, 11) is 7.22. The summed E-state index contributed by atoms with van der Waals surface area (Å²) in [5.41, 5.74) is 2.80. The summed E-state index contributed by atoms with van der Waals surface area (Å²) >= 11 is 6.23. The second-order valence-corrected chi connectivity index (χ2v) is 6.65. The van der Waals surface area contributed by atoms with Gasteiger partial charge in [-0.3, -0.25) is 9.79 Å². The van der Waals surface area contributed by atoms with Crippen molar-refractivity contribution in [2.24, 2.45) is 4.99 Å². The zero-order valence-electron chi connectivity index (χ0n) is 16.1. The summed E-state index contributed by atoms with van der Waals surface area (Å²) in [6.07, 6.45) is 0. The number of halogens is 2. The van der Waals surface area contributed by atoms with Crippen molar-refractivity contribution in [1.29, 1.82) is 0 Å². The van der Waals surface area contributed by atoms with E-state index in [0.717, 1.165) is 22.1 Å². The lowest BCUT2D eigenvalue weighted by molar-refractivity contribution is 0.0827. The first-order valence-corrected chi connectivity index (χ1v) is 8.76. The Labute approximate surface area is 183 Å². The molecule has 27 heavy (non-hydrogen) atoms. The first-order valence-electron chi connectivity index (χ1n) is 8.38. The molecule has 0 aliphatic carbocycles. The first-order chi connectivity index (χ1) is 12.4. The van der Waals surface area contributed by atoms with Crippen LogP contribution in [0.4, 0.5) is 0 Å². The van der Waals surface area contributed by atoms with Gasteiger partial charge in [0.2, 0.25) is 0 Å². The number of rotatable bonds is 5. The number of hydrogen-bond donors (Lipinski definition) is 1. The summed E-state index contributed by atoms with van der Waals surface area (Å²) in [5, 5.41) is 4.08. The Kier molecular flexibility index (Phi) is 9.59. The number of nitrogens with one attached hydrogen (secondary N) is 1. The van der Waals surface area contributed by atoms with Gasteiger partial charge in [-0.15, -0.1) is 24.0 Å². The first kappa shape index (κ1) is 23.2. The van der Waals surface area contributed by atoms with E-state index >= 15 is 0 Å². The van der Waals surface area contributed by atoms with Crippen LogP contribution in [0, 0.1) is 0 Å². The third-order valence-corrected chi connectivity index (χ3v) is 4.37. The summed E-state index contributed by atoms with van der Waals surface area (Å²) < 4.78 is 0. The van der Waals surface area contributed by atoms with E-state index < -0.39 is 0 Å². The average molecular weight is 501 g/mol. The third-order valence-electron chi connectivity index (χ3n) is 4.00. The molecule has 7 heteroatoms. The van der Waals surface area contributed by atoms with E-state index in [9.17, 15) is 4.79 Å². The molecule has 0 bridgehead atoms. The standard InChI is InChI=1S/C20H25ClN4O.HI/c1-22-20(25(4)14-17-7-5-6-8-18(17)21)23-13-15-9-11-16(12-10-15)19(26)24(2)3;/h5-12H,13-14H2,1-4H3,(H,22,23);1H. The van der Waals surface area contributed by atoms with Crippen LogP contribution in [0.5, 0.6) is 0 Å². The van der Waals surface area contributed by atoms with Crippen LogP contribution in [0.1, 0.15) is 21.5 Å². The predicted octanol–water partition coefficient (Wildman–Crippen LogP) is 3.87. The molecule has 0 fully saturated rings. The van der Waals surface area contributed by atoms with Gasteiger partial charge in [0, 0.05) is 51.9 Å². The summed E-state index contributed by atoms with van der Waals surface area (Å²) in [4.78, 5) is 19.8. The Hall–Kier alpha value is -1.80. The number of carbonyl (C=O) groups is 1. The number of hydrogen-bond acceptors (Lipinski definition) is 2. The summed E-state index contributed by atoms with van der Waals surface area (Å²) in [6, 6.07) is 15.4. The van der Waals surface area contributed by atoms with Gasteiger partial charge in [-0.2, -0.15) is 0 Å². The van der Waals surface area contributed by atoms with E-state index in [-0.39, 0.29) is 29.9 Å². The minimum atomic E-state index is -0.000193. The van der Waals surface area contributed by atoms with Crippen molar-refractivity contribution in [3.8, 4) is 0 Å². The molecule has 2 rings (SSSR count). The van der Waals surface area contributed by atoms with Crippen LogP contribution >= 0.6 is 35.6 Å². The molecule has 0 aliphatic heterocycles. The van der Waals surface area contributed by atoms with E-state index in [1.54, 1.807) is 26.0 Å². The molecule has 0 radical (unpaired) electrons. The molecule has 2 aromatic rings. The highest BCUT2D eigenvalue weighted by Gasteiger charge is 2.10. The fourth-order valence-electron chi connectivity index (χ4n) is 2.55. The van der Waals surface area contributed by atoms with Crippen LogP contribution in [0.25, 0.3) is 0 Å². The monoisotopic (exact) mass is 500 g/mol. The van der Waals surface area contributed by atoms with Gasteiger partial charge < -0.3 is 15.1 Å². The SMILES string of the molecule is CN=C(NCc1ccc(C(=O)N(C)C)cc1)N(C)Cc1ccccc1Cl.I. The molecule has 0 atom stereocenters. The Bertz CT molecular complexity index is 778. The maximum atomic E-state index is 11.9. The van der Waals surface area contributed by atoms with Crippen LogP contribution in [0.15, 0.2) is 53.5 Å². The molecule has 0 saturated heterocycles. The minimum Gasteiger partial charge on any atom is -0.352 e. The van der Waals surface area contributed by atoms with Gasteiger partial charge in [0.05, 0.1) is 0 Å². The van der Waals surface area contributed by atoms with Crippen molar-refractivity contribution in [2.75, 3.05) is 28.2 Å². The number of guanidine groups is 1. The molecule has 1 amide bonds. The number of amides is 1. The zero-order chi connectivity index (χ0) is 19.1. The fraction of sp³-hybridized carbons (Fsp3) is 0.300. The average Bonchev–Trinajstić information content (AvgIpc) is 2.64. The van der Waals surface area contributed by atoms with Gasteiger partial charge in [0.15, 0.2) is 5.96 Å². The number of nitrogens with zero attached hydrogens (tertiary/aromatic N) is 3. The molecule has 146 valence electrons. The third kappa shape index (κ3) is 6.70. The smallest absolute Gasteiger partial charge is 0.253 e. The van der Waals surface area contributed by atoms with Crippen molar-refractivity contribution in [3.05, 3.63) is 70.2 Å². The Morgan fingerprint density at radius 3 is 2.26 bits per heavy atom. The van der Waals surface area contributed by atoms with Crippen LogP contribution in [0.2, 0.25) is 5.02 Å². The molecule has 0 spiro atoms. The van der Waals surface area contributed by atoms with E-state index in [2.05, 4.69) is 10.3 Å². The second kappa shape index (κ2) is 11.1. The van der Waals surface area contributed by atoms with E-state index in [1.165, 1.54) is 0 Å². The number of carbonyl (C=O) groups excluding carboxylic acids is 1.